The Kier molecular flexibility index (Phi) is 6.50. The molecular formula is C21H17ClF2N6O2. The number of fused-ring (bicyclic) bond motifs is 1. The molecule has 0 aliphatic rings. The van der Waals surface area contributed by atoms with Gasteiger partial charge in [-0.1, -0.05) is 24.2 Å². The number of benzene rings is 1. The lowest BCUT2D eigenvalue weighted by Crippen LogP contribution is -2.38. The molecule has 0 spiro atoms. The summed E-state index contributed by atoms with van der Waals surface area (Å²) in [5.74, 6) is -1.22. The van der Waals surface area contributed by atoms with Gasteiger partial charge in [-0.3, -0.25) is 4.99 Å². The first kappa shape index (κ1) is 22.8. The van der Waals surface area contributed by atoms with Crippen LogP contribution in [0.2, 0.25) is 5.02 Å². The average molecular weight is 459 g/mol. The van der Waals surface area contributed by atoms with Gasteiger partial charge in [0.25, 0.3) is 6.43 Å². The second-order valence-electron chi connectivity index (χ2n) is 6.71. The highest BCUT2D eigenvalue weighted by atomic mass is 35.5. The number of nitriles is 1. The van der Waals surface area contributed by atoms with Gasteiger partial charge in [-0.15, -0.1) is 0 Å². The van der Waals surface area contributed by atoms with Gasteiger partial charge in [-0.2, -0.15) is 14.9 Å². The third-order valence-corrected chi connectivity index (χ3v) is 4.79. The number of hydrogen-bond donors (Lipinski definition) is 2. The molecule has 2 aromatic heterocycles. The Bertz CT molecular complexity index is 1390. The lowest BCUT2D eigenvalue weighted by atomic mass is 10.1. The predicted octanol–water partition coefficient (Wildman–Crippen LogP) is 2.98. The molecule has 0 saturated carbocycles. The van der Waals surface area contributed by atoms with Gasteiger partial charge >= 0.3 is 5.97 Å². The molecule has 164 valence electrons. The zero-order valence-electron chi connectivity index (χ0n) is 17.0. The van der Waals surface area contributed by atoms with E-state index in [1.807, 2.05) is 0 Å². The second kappa shape index (κ2) is 9.11. The fourth-order valence-electron chi connectivity index (χ4n) is 3.01. The van der Waals surface area contributed by atoms with Crippen molar-refractivity contribution < 1.29 is 18.7 Å². The molecule has 1 atom stereocenters. The second-order valence-corrected chi connectivity index (χ2v) is 7.15. The van der Waals surface area contributed by atoms with Gasteiger partial charge in [-0.05, 0) is 43.8 Å². The van der Waals surface area contributed by atoms with Crippen LogP contribution in [0.15, 0.2) is 36.0 Å². The van der Waals surface area contributed by atoms with Crippen molar-refractivity contribution in [3.8, 4) is 6.07 Å². The van der Waals surface area contributed by atoms with Crippen LogP contribution in [0.3, 0.4) is 0 Å². The summed E-state index contributed by atoms with van der Waals surface area (Å²) in [4.78, 5) is 19.9. The van der Waals surface area contributed by atoms with Crippen LogP contribution >= 0.6 is 11.6 Å². The first-order valence-corrected chi connectivity index (χ1v) is 9.62. The summed E-state index contributed by atoms with van der Waals surface area (Å²) >= 11 is 6.07. The summed E-state index contributed by atoms with van der Waals surface area (Å²) in [5.41, 5.74) is 0.256. The standard InChI is InChI=1S/C21H17ClF2N6O2/c1-4-26-16-8-13(22)6-5-12(16)7-14-10(2)27-20-15(9-25)17(18(23)24)29-30(20)19(14)28-11(3)21(31)32/h4-8,11,18,26H,1H2,2-3H3,(H,31,32)/b14-7+,28-19?. The molecule has 0 bridgehead atoms. The third kappa shape index (κ3) is 4.29. The number of nitrogens with one attached hydrogen (secondary N) is 1. The van der Waals surface area contributed by atoms with Gasteiger partial charge in [0.05, 0.1) is 5.69 Å². The van der Waals surface area contributed by atoms with Gasteiger partial charge < -0.3 is 10.4 Å². The number of anilines is 1. The highest BCUT2D eigenvalue weighted by Gasteiger charge is 2.23. The molecule has 1 unspecified atom stereocenters. The maximum atomic E-state index is 13.5. The quantitative estimate of drug-likeness (QED) is 0.586. The minimum atomic E-state index is -3.02. The summed E-state index contributed by atoms with van der Waals surface area (Å²) in [6.07, 6.45) is 0.0765. The molecule has 1 aromatic carbocycles. The van der Waals surface area contributed by atoms with E-state index >= 15 is 0 Å². The number of aryl methyl sites for hydroxylation is 1. The Morgan fingerprint density at radius 2 is 2.19 bits per heavy atom. The summed E-state index contributed by atoms with van der Waals surface area (Å²) < 4.78 is 27.9. The van der Waals surface area contributed by atoms with E-state index in [0.29, 0.717) is 27.2 Å². The van der Waals surface area contributed by atoms with Crippen molar-refractivity contribution in [1.29, 1.82) is 5.26 Å². The highest BCUT2D eigenvalue weighted by molar-refractivity contribution is 6.30. The lowest BCUT2D eigenvalue weighted by Gasteiger charge is -2.08. The smallest absolute Gasteiger partial charge is 0.328 e. The van der Waals surface area contributed by atoms with Crippen LogP contribution in [-0.4, -0.2) is 31.7 Å². The molecule has 0 amide bonds. The minimum absolute atomic E-state index is 0.0229. The van der Waals surface area contributed by atoms with Crippen LogP contribution in [-0.2, 0) is 4.79 Å². The zero-order chi connectivity index (χ0) is 23.6. The first-order chi connectivity index (χ1) is 15.2. The Morgan fingerprint density at radius 1 is 1.47 bits per heavy atom. The lowest BCUT2D eigenvalue weighted by molar-refractivity contribution is -0.138. The fraction of sp³-hybridized carbons (Fsp3) is 0.190. The van der Waals surface area contributed by atoms with E-state index in [1.54, 1.807) is 37.3 Å². The normalized spacial score (nSPS) is 13.4. The average Bonchev–Trinajstić information content (AvgIpc) is 3.10. The highest BCUT2D eigenvalue weighted by Crippen LogP contribution is 2.23. The SMILES string of the molecule is C=CNc1cc(Cl)ccc1/C=c1\c(C)nc2c(C#N)c(C(F)F)nn2c1=NC(C)C(=O)O. The molecule has 11 heteroatoms. The number of halogens is 3. The van der Waals surface area contributed by atoms with E-state index < -0.39 is 29.7 Å². The number of nitrogens with zero attached hydrogens (tertiary/aromatic N) is 5. The van der Waals surface area contributed by atoms with E-state index in [9.17, 15) is 23.9 Å². The fourth-order valence-corrected chi connectivity index (χ4v) is 3.18. The molecular weight excluding hydrogens is 442 g/mol. The third-order valence-electron chi connectivity index (χ3n) is 4.56. The molecule has 0 aliphatic carbocycles. The summed E-state index contributed by atoms with van der Waals surface area (Å²) in [6.45, 7) is 6.56. The minimum Gasteiger partial charge on any atom is -0.480 e. The Hall–Kier alpha value is -3.84. The van der Waals surface area contributed by atoms with Crippen molar-refractivity contribution in [3.05, 3.63) is 69.2 Å². The predicted molar refractivity (Wildman–Crippen MR) is 114 cm³/mol. The van der Waals surface area contributed by atoms with Gasteiger partial charge in [-0.25, -0.2) is 18.6 Å². The van der Waals surface area contributed by atoms with Crippen LogP contribution in [0, 0.1) is 18.3 Å². The van der Waals surface area contributed by atoms with Gasteiger partial charge in [0, 0.05) is 15.9 Å². The van der Waals surface area contributed by atoms with Gasteiger partial charge in [0.1, 0.15) is 23.4 Å². The molecule has 32 heavy (non-hydrogen) atoms. The van der Waals surface area contributed by atoms with Crippen LogP contribution in [0.4, 0.5) is 14.5 Å². The van der Waals surface area contributed by atoms with E-state index in [4.69, 9.17) is 11.6 Å². The molecule has 0 radical (unpaired) electrons. The molecule has 0 aliphatic heterocycles. The summed E-state index contributed by atoms with van der Waals surface area (Å²) in [5, 5.41) is 26.3. The molecule has 0 fully saturated rings. The summed E-state index contributed by atoms with van der Waals surface area (Å²) in [7, 11) is 0. The number of carbonyl (C=O) groups is 1. The molecule has 3 aromatic rings. The summed E-state index contributed by atoms with van der Waals surface area (Å²) in [6, 6.07) is 5.50. The van der Waals surface area contributed by atoms with Crippen molar-refractivity contribution in [2.24, 2.45) is 4.99 Å². The topological polar surface area (TPSA) is 116 Å². The van der Waals surface area contributed by atoms with Crippen molar-refractivity contribution >= 4 is 35.0 Å². The maximum absolute atomic E-state index is 13.5. The molecule has 3 rings (SSSR count). The largest absolute Gasteiger partial charge is 0.480 e. The van der Waals surface area contributed by atoms with Crippen LogP contribution in [0.1, 0.15) is 35.9 Å². The molecule has 2 heterocycles. The van der Waals surface area contributed by atoms with Crippen LogP contribution in [0.25, 0.3) is 11.7 Å². The number of aromatic nitrogens is 3. The van der Waals surface area contributed by atoms with E-state index in [-0.39, 0.29) is 11.1 Å². The van der Waals surface area contributed by atoms with Crippen LogP contribution in [0.5, 0.6) is 0 Å². The monoisotopic (exact) mass is 458 g/mol. The van der Waals surface area contributed by atoms with E-state index in [1.165, 1.54) is 13.1 Å². The zero-order valence-corrected chi connectivity index (χ0v) is 17.7. The van der Waals surface area contributed by atoms with Crippen molar-refractivity contribution in [1.82, 2.24) is 14.6 Å². The number of alkyl halides is 2. The maximum Gasteiger partial charge on any atom is 0.328 e. The number of rotatable bonds is 6. The molecule has 8 nitrogen and oxygen atoms in total. The number of carboxylic acids is 1. The van der Waals surface area contributed by atoms with Gasteiger partial charge in [0.2, 0.25) is 0 Å². The van der Waals surface area contributed by atoms with Crippen LogP contribution < -0.4 is 16.0 Å². The Labute approximate surface area is 185 Å². The number of hydrogen-bond acceptors (Lipinski definition) is 6. The van der Waals surface area contributed by atoms with E-state index in [0.717, 1.165) is 4.52 Å². The van der Waals surface area contributed by atoms with Crippen molar-refractivity contribution in [2.75, 3.05) is 5.32 Å². The Balaban J connectivity index is 2.51. The number of carboxylic acid groups (broad SMARTS) is 1. The first-order valence-electron chi connectivity index (χ1n) is 9.24. The Morgan fingerprint density at radius 3 is 2.78 bits per heavy atom. The molecule has 0 saturated heterocycles. The van der Waals surface area contributed by atoms with Crippen molar-refractivity contribution in [2.45, 2.75) is 26.3 Å². The van der Waals surface area contributed by atoms with Gasteiger partial charge in [0.15, 0.2) is 11.1 Å². The van der Waals surface area contributed by atoms with Crippen molar-refractivity contribution in [3.63, 3.8) is 0 Å². The van der Waals surface area contributed by atoms with E-state index in [2.05, 4.69) is 27.0 Å². The number of aliphatic carboxylic acids is 1. The molecule has 2 N–H and O–H groups in total.